The summed E-state index contributed by atoms with van der Waals surface area (Å²) in [5, 5.41) is 0. The molecule has 0 radical (unpaired) electrons. The molecular formula is C12H15NO. The molecule has 0 amide bonds. The maximum atomic E-state index is 11.6. The minimum atomic E-state index is 0.148. The van der Waals surface area contributed by atoms with Crippen molar-refractivity contribution < 1.29 is 4.79 Å². The number of aryl methyl sites for hydroxylation is 2. The van der Waals surface area contributed by atoms with Gasteiger partial charge in [0.2, 0.25) is 0 Å². The Labute approximate surface area is 84.7 Å². The van der Waals surface area contributed by atoms with Crippen molar-refractivity contribution in [3.8, 4) is 0 Å². The number of Topliss-reactive ketones (excluding diaryl/α,β-unsaturated/α-hetero) is 1. The smallest absolute Gasteiger partial charge is 0.165 e. The predicted molar refractivity (Wildman–Crippen MR) is 57.5 cm³/mol. The molecule has 0 spiro atoms. The van der Waals surface area contributed by atoms with E-state index in [1.165, 1.54) is 0 Å². The van der Waals surface area contributed by atoms with Gasteiger partial charge in [-0.05, 0) is 32.4 Å². The minimum absolute atomic E-state index is 0.148. The molecule has 14 heavy (non-hydrogen) atoms. The lowest BCUT2D eigenvalue weighted by molar-refractivity contribution is 0.0982. The molecule has 74 valence electrons. The highest BCUT2D eigenvalue weighted by Gasteiger charge is 2.08. The lowest BCUT2D eigenvalue weighted by atomic mass is 10.1. The fourth-order valence-electron chi connectivity index (χ4n) is 1.35. The number of carbonyl (C=O) groups is 1. The Morgan fingerprint density at radius 2 is 2.21 bits per heavy atom. The van der Waals surface area contributed by atoms with Crippen LogP contribution in [0.1, 0.15) is 34.6 Å². The number of hydrogen-bond donors (Lipinski definition) is 0. The third-order valence-corrected chi connectivity index (χ3v) is 2.10. The molecule has 0 aromatic carbocycles. The third-order valence-electron chi connectivity index (χ3n) is 2.10. The van der Waals surface area contributed by atoms with Gasteiger partial charge < -0.3 is 0 Å². The number of nitrogens with zero attached hydrogens (tertiary/aromatic N) is 1. The Balaban J connectivity index is 2.84. The van der Waals surface area contributed by atoms with Crippen molar-refractivity contribution in [3.05, 3.63) is 41.7 Å². The topological polar surface area (TPSA) is 30.0 Å². The highest BCUT2D eigenvalue weighted by Crippen LogP contribution is 2.10. The number of hydrogen-bond acceptors (Lipinski definition) is 2. The Morgan fingerprint density at radius 1 is 1.50 bits per heavy atom. The fraction of sp³-hybridized carbons (Fsp3) is 0.333. The van der Waals surface area contributed by atoms with Crippen molar-refractivity contribution in [1.29, 1.82) is 0 Å². The second-order valence-corrected chi connectivity index (χ2v) is 3.34. The molecule has 1 aromatic heterocycles. The first-order chi connectivity index (χ1) is 6.65. The van der Waals surface area contributed by atoms with Crippen LogP contribution < -0.4 is 0 Å². The Morgan fingerprint density at radius 3 is 2.79 bits per heavy atom. The average Bonchev–Trinajstić information content (AvgIpc) is 2.14. The van der Waals surface area contributed by atoms with E-state index in [0.717, 1.165) is 23.4 Å². The molecule has 1 aromatic rings. The molecule has 1 rings (SSSR count). The van der Waals surface area contributed by atoms with Gasteiger partial charge >= 0.3 is 0 Å². The fourth-order valence-corrected chi connectivity index (χ4v) is 1.35. The molecule has 0 unspecified atom stereocenters. The van der Waals surface area contributed by atoms with E-state index in [1.54, 1.807) is 6.08 Å². The molecule has 0 saturated carbocycles. The molecule has 1 heterocycles. The molecule has 0 saturated heterocycles. The Kier molecular flexibility index (Phi) is 3.57. The lowest BCUT2D eigenvalue weighted by Gasteiger charge is -2.03. The normalized spacial score (nSPS) is 9.86. The SMILES string of the molecule is C=CCCC(=O)c1ccc(C)nc1C. The summed E-state index contributed by atoms with van der Waals surface area (Å²) in [7, 11) is 0. The molecule has 0 aliphatic carbocycles. The summed E-state index contributed by atoms with van der Waals surface area (Å²) in [6.45, 7) is 7.39. The molecule has 0 fully saturated rings. The number of rotatable bonds is 4. The molecule has 2 nitrogen and oxygen atoms in total. The van der Waals surface area contributed by atoms with Crippen LogP contribution in [0.3, 0.4) is 0 Å². The van der Waals surface area contributed by atoms with Gasteiger partial charge in [0.05, 0.1) is 0 Å². The number of allylic oxidation sites excluding steroid dienone is 1. The van der Waals surface area contributed by atoms with Gasteiger partial charge in [0, 0.05) is 23.4 Å². The zero-order chi connectivity index (χ0) is 10.6. The molecule has 0 N–H and O–H groups in total. The zero-order valence-corrected chi connectivity index (χ0v) is 8.71. The third kappa shape index (κ3) is 2.52. The summed E-state index contributed by atoms with van der Waals surface area (Å²) >= 11 is 0. The van der Waals surface area contributed by atoms with Crippen LogP contribution >= 0.6 is 0 Å². The quantitative estimate of drug-likeness (QED) is 0.538. The second kappa shape index (κ2) is 4.70. The highest BCUT2D eigenvalue weighted by atomic mass is 16.1. The van der Waals surface area contributed by atoms with Gasteiger partial charge in [-0.2, -0.15) is 0 Å². The zero-order valence-electron chi connectivity index (χ0n) is 8.71. The van der Waals surface area contributed by atoms with Crippen molar-refractivity contribution in [3.63, 3.8) is 0 Å². The van der Waals surface area contributed by atoms with Gasteiger partial charge in [0.1, 0.15) is 0 Å². The second-order valence-electron chi connectivity index (χ2n) is 3.34. The van der Waals surface area contributed by atoms with E-state index in [9.17, 15) is 4.79 Å². The number of carbonyl (C=O) groups excluding carboxylic acids is 1. The van der Waals surface area contributed by atoms with Gasteiger partial charge in [-0.25, -0.2) is 0 Å². The van der Waals surface area contributed by atoms with Crippen molar-refractivity contribution >= 4 is 5.78 Å². The monoisotopic (exact) mass is 189 g/mol. The van der Waals surface area contributed by atoms with Crippen molar-refractivity contribution in [2.45, 2.75) is 26.7 Å². The van der Waals surface area contributed by atoms with E-state index >= 15 is 0 Å². The lowest BCUT2D eigenvalue weighted by Crippen LogP contribution is -2.03. The summed E-state index contributed by atoms with van der Waals surface area (Å²) in [5.41, 5.74) is 2.50. The van der Waals surface area contributed by atoms with Gasteiger partial charge in [0.25, 0.3) is 0 Å². The van der Waals surface area contributed by atoms with Crippen LogP contribution in [0.4, 0.5) is 0 Å². The van der Waals surface area contributed by atoms with E-state index in [4.69, 9.17) is 0 Å². The maximum Gasteiger partial charge on any atom is 0.165 e. The van der Waals surface area contributed by atoms with Gasteiger partial charge in [-0.3, -0.25) is 9.78 Å². The minimum Gasteiger partial charge on any atom is -0.294 e. The number of aromatic nitrogens is 1. The molecule has 0 aliphatic heterocycles. The number of ketones is 1. The predicted octanol–water partition coefficient (Wildman–Crippen LogP) is 2.85. The highest BCUT2D eigenvalue weighted by molar-refractivity contribution is 5.97. The van der Waals surface area contributed by atoms with Crippen molar-refractivity contribution in [1.82, 2.24) is 4.98 Å². The van der Waals surface area contributed by atoms with E-state index in [0.29, 0.717) is 6.42 Å². The molecule has 2 heteroatoms. The van der Waals surface area contributed by atoms with Crippen molar-refractivity contribution in [2.24, 2.45) is 0 Å². The van der Waals surface area contributed by atoms with Gasteiger partial charge in [-0.1, -0.05) is 6.08 Å². The van der Waals surface area contributed by atoms with E-state index in [-0.39, 0.29) is 5.78 Å². The van der Waals surface area contributed by atoms with Crippen LogP contribution in [0, 0.1) is 13.8 Å². The largest absolute Gasteiger partial charge is 0.294 e. The van der Waals surface area contributed by atoms with Crippen LogP contribution in [0.25, 0.3) is 0 Å². The van der Waals surface area contributed by atoms with Crippen LogP contribution in [0.15, 0.2) is 24.8 Å². The van der Waals surface area contributed by atoms with E-state index < -0.39 is 0 Å². The van der Waals surface area contributed by atoms with Crippen LogP contribution in [0.5, 0.6) is 0 Å². The first kappa shape index (κ1) is 10.6. The van der Waals surface area contributed by atoms with E-state index in [1.807, 2.05) is 26.0 Å². The Bertz CT molecular complexity index is 355. The first-order valence-electron chi connectivity index (χ1n) is 4.73. The van der Waals surface area contributed by atoms with E-state index in [2.05, 4.69) is 11.6 Å². The average molecular weight is 189 g/mol. The summed E-state index contributed by atoms with van der Waals surface area (Å²) < 4.78 is 0. The standard InChI is InChI=1S/C12H15NO/c1-4-5-6-12(14)11-8-7-9(2)13-10(11)3/h4,7-8H,1,5-6H2,2-3H3. The summed E-state index contributed by atoms with van der Waals surface area (Å²) in [6, 6.07) is 3.72. The molecule has 0 bridgehead atoms. The summed E-state index contributed by atoms with van der Waals surface area (Å²) in [4.78, 5) is 15.9. The number of pyridine rings is 1. The first-order valence-corrected chi connectivity index (χ1v) is 4.73. The van der Waals surface area contributed by atoms with Gasteiger partial charge in [-0.15, -0.1) is 6.58 Å². The Hall–Kier alpha value is -1.44. The molecular weight excluding hydrogens is 174 g/mol. The molecule has 0 aliphatic rings. The van der Waals surface area contributed by atoms with Crippen molar-refractivity contribution in [2.75, 3.05) is 0 Å². The van der Waals surface area contributed by atoms with Gasteiger partial charge in [0.15, 0.2) is 5.78 Å². The molecule has 0 atom stereocenters. The summed E-state index contributed by atoms with van der Waals surface area (Å²) in [6.07, 6.45) is 3.01. The van der Waals surface area contributed by atoms with Crippen LogP contribution in [0.2, 0.25) is 0 Å². The summed E-state index contributed by atoms with van der Waals surface area (Å²) in [5.74, 6) is 0.148. The van der Waals surface area contributed by atoms with Crippen LogP contribution in [-0.2, 0) is 0 Å². The van der Waals surface area contributed by atoms with Crippen LogP contribution in [-0.4, -0.2) is 10.8 Å². The maximum absolute atomic E-state index is 11.6.